The molecule has 2 N–H and O–H groups in total. The quantitative estimate of drug-likeness (QED) is 0.798. The number of halogens is 2. The van der Waals surface area contributed by atoms with E-state index in [1.54, 1.807) is 18.2 Å². The van der Waals surface area contributed by atoms with Gasteiger partial charge in [0, 0.05) is 18.2 Å². The van der Waals surface area contributed by atoms with E-state index in [-0.39, 0.29) is 6.42 Å². The monoisotopic (exact) mass is 202 g/mol. The minimum atomic E-state index is -2.52. The zero-order valence-electron chi connectivity index (χ0n) is 7.78. The van der Waals surface area contributed by atoms with Crippen molar-refractivity contribution in [1.29, 1.82) is 0 Å². The van der Waals surface area contributed by atoms with E-state index in [2.05, 4.69) is 4.98 Å². The summed E-state index contributed by atoms with van der Waals surface area (Å²) in [5.41, 5.74) is 5.72. The van der Waals surface area contributed by atoms with Gasteiger partial charge in [0.1, 0.15) is 0 Å². The minimum Gasteiger partial charge on any atom is -0.481 e. The average Bonchev–Trinajstić information content (AvgIpc) is 2.18. The first-order chi connectivity index (χ1) is 6.63. The van der Waals surface area contributed by atoms with Crippen LogP contribution in [0, 0.1) is 0 Å². The van der Waals surface area contributed by atoms with Gasteiger partial charge in [-0.2, -0.15) is 0 Å². The molecular weight excluding hydrogens is 190 g/mol. The normalized spacial score (nSPS) is 12.9. The molecule has 1 unspecified atom stereocenters. The number of alkyl halides is 2. The highest BCUT2D eigenvalue weighted by atomic mass is 19.3. The molecule has 0 saturated heterocycles. The van der Waals surface area contributed by atoms with Crippen molar-refractivity contribution in [1.82, 2.24) is 4.98 Å². The fourth-order valence-electron chi connectivity index (χ4n) is 1.02. The highest BCUT2D eigenvalue weighted by Gasteiger charge is 2.16. The first-order valence-electron chi connectivity index (χ1n) is 4.17. The van der Waals surface area contributed by atoms with Gasteiger partial charge in [-0.25, -0.2) is 13.8 Å². The Morgan fingerprint density at radius 1 is 1.50 bits per heavy atom. The zero-order valence-corrected chi connectivity index (χ0v) is 7.78. The van der Waals surface area contributed by atoms with Gasteiger partial charge in [0.15, 0.2) is 0 Å². The number of hydrogen-bond donors (Lipinski definition) is 1. The summed E-state index contributed by atoms with van der Waals surface area (Å²) < 4.78 is 29.1. The molecule has 0 spiro atoms. The largest absolute Gasteiger partial charge is 0.481 e. The molecule has 14 heavy (non-hydrogen) atoms. The number of hydrogen-bond acceptors (Lipinski definition) is 3. The first kappa shape index (κ1) is 10.8. The molecule has 0 aliphatic heterocycles. The van der Waals surface area contributed by atoms with Gasteiger partial charge in [-0.3, -0.25) is 0 Å². The highest BCUT2D eigenvalue weighted by Crippen LogP contribution is 2.10. The third-order valence-corrected chi connectivity index (χ3v) is 1.76. The van der Waals surface area contributed by atoms with E-state index < -0.39 is 12.5 Å². The van der Waals surface area contributed by atoms with Crippen molar-refractivity contribution in [2.45, 2.75) is 18.9 Å². The molecule has 78 valence electrons. The van der Waals surface area contributed by atoms with Crippen LogP contribution in [-0.4, -0.2) is 24.6 Å². The van der Waals surface area contributed by atoms with Crippen LogP contribution in [0.4, 0.5) is 8.78 Å². The fraction of sp³-hybridized carbons (Fsp3) is 0.444. The lowest BCUT2D eigenvalue weighted by Crippen LogP contribution is -2.31. The van der Waals surface area contributed by atoms with Gasteiger partial charge in [0.25, 0.3) is 6.43 Å². The number of methoxy groups -OCH3 is 1. The molecule has 1 heterocycles. The molecule has 0 radical (unpaired) electrons. The van der Waals surface area contributed by atoms with Crippen molar-refractivity contribution in [2.75, 3.05) is 7.11 Å². The minimum absolute atomic E-state index is 0.0505. The summed E-state index contributed by atoms with van der Waals surface area (Å²) in [6.45, 7) is 0. The van der Waals surface area contributed by atoms with E-state index in [1.165, 1.54) is 7.11 Å². The number of nitrogens with two attached hydrogens (primary N) is 1. The number of ether oxygens (including phenoxy) is 1. The lowest BCUT2D eigenvalue weighted by molar-refractivity contribution is 0.115. The van der Waals surface area contributed by atoms with Crippen LogP contribution in [0.2, 0.25) is 0 Å². The Balaban J connectivity index is 2.66. The summed E-state index contributed by atoms with van der Waals surface area (Å²) in [4.78, 5) is 3.98. The van der Waals surface area contributed by atoms with Crippen LogP contribution in [0.25, 0.3) is 0 Å². The van der Waals surface area contributed by atoms with E-state index >= 15 is 0 Å². The van der Waals surface area contributed by atoms with Gasteiger partial charge in [-0.15, -0.1) is 0 Å². The van der Waals surface area contributed by atoms with Crippen molar-refractivity contribution in [2.24, 2.45) is 5.73 Å². The van der Waals surface area contributed by atoms with E-state index in [4.69, 9.17) is 10.5 Å². The van der Waals surface area contributed by atoms with Crippen LogP contribution in [0.5, 0.6) is 5.88 Å². The van der Waals surface area contributed by atoms with E-state index in [9.17, 15) is 8.78 Å². The molecular formula is C9H12F2N2O. The van der Waals surface area contributed by atoms with Gasteiger partial charge in [-0.05, 0) is 6.07 Å². The van der Waals surface area contributed by atoms with Gasteiger partial charge >= 0.3 is 0 Å². The molecule has 5 heteroatoms. The third-order valence-electron chi connectivity index (χ3n) is 1.76. The highest BCUT2D eigenvalue weighted by molar-refractivity contribution is 5.16. The van der Waals surface area contributed by atoms with Crippen LogP contribution >= 0.6 is 0 Å². The zero-order chi connectivity index (χ0) is 10.6. The Bertz CT molecular complexity index is 294. The Morgan fingerprint density at radius 2 is 2.21 bits per heavy atom. The van der Waals surface area contributed by atoms with Crippen molar-refractivity contribution in [3.05, 3.63) is 23.9 Å². The molecule has 1 atom stereocenters. The molecule has 1 aromatic heterocycles. The van der Waals surface area contributed by atoms with Gasteiger partial charge in [0.2, 0.25) is 5.88 Å². The predicted octanol–water partition coefficient (Wildman–Crippen LogP) is 1.23. The summed E-state index contributed by atoms with van der Waals surface area (Å²) in [6, 6.07) is 3.82. The standard InChI is InChI=1S/C9H12F2N2O/c1-14-8-4-2-3-6(13-8)5-7(12)9(10)11/h2-4,7,9H,5,12H2,1H3. The maximum Gasteiger partial charge on any atom is 0.253 e. The molecule has 0 aliphatic carbocycles. The van der Waals surface area contributed by atoms with Crippen LogP contribution in [0.1, 0.15) is 5.69 Å². The van der Waals surface area contributed by atoms with Crippen LogP contribution in [0.15, 0.2) is 18.2 Å². The summed E-state index contributed by atoms with van der Waals surface area (Å²) in [5.74, 6) is 0.406. The van der Waals surface area contributed by atoms with Crippen molar-refractivity contribution in [3.63, 3.8) is 0 Å². The maximum absolute atomic E-state index is 12.1. The predicted molar refractivity (Wildman–Crippen MR) is 48.5 cm³/mol. The summed E-state index contributed by atoms with van der Waals surface area (Å²) in [5, 5.41) is 0. The number of pyridine rings is 1. The molecule has 0 amide bonds. The summed E-state index contributed by atoms with van der Waals surface area (Å²) in [7, 11) is 1.47. The van der Waals surface area contributed by atoms with E-state index in [1.807, 2.05) is 0 Å². The number of aromatic nitrogens is 1. The molecule has 0 fully saturated rings. The smallest absolute Gasteiger partial charge is 0.253 e. The van der Waals surface area contributed by atoms with Crippen LogP contribution in [0.3, 0.4) is 0 Å². The molecule has 1 aromatic rings. The second kappa shape index (κ2) is 4.85. The Morgan fingerprint density at radius 3 is 2.79 bits per heavy atom. The van der Waals surface area contributed by atoms with Crippen molar-refractivity contribution < 1.29 is 13.5 Å². The second-order valence-electron chi connectivity index (χ2n) is 2.87. The maximum atomic E-state index is 12.1. The first-order valence-corrected chi connectivity index (χ1v) is 4.17. The van der Waals surface area contributed by atoms with E-state index in [0.29, 0.717) is 11.6 Å². The molecule has 0 aliphatic rings. The van der Waals surface area contributed by atoms with Crippen molar-refractivity contribution >= 4 is 0 Å². The fourth-order valence-corrected chi connectivity index (χ4v) is 1.02. The Hall–Kier alpha value is -1.23. The summed E-state index contributed by atoms with van der Waals surface area (Å²) >= 11 is 0. The van der Waals surface area contributed by atoms with Crippen LogP contribution in [-0.2, 0) is 6.42 Å². The lowest BCUT2D eigenvalue weighted by atomic mass is 10.1. The van der Waals surface area contributed by atoms with E-state index in [0.717, 1.165) is 0 Å². The van der Waals surface area contributed by atoms with Crippen molar-refractivity contribution in [3.8, 4) is 5.88 Å². The number of rotatable bonds is 4. The molecule has 3 nitrogen and oxygen atoms in total. The van der Waals surface area contributed by atoms with Gasteiger partial charge in [-0.1, -0.05) is 6.07 Å². The molecule has 0 aromatic carbocycles. The Kier molecular flexibility index (Phi) is 3.76. The second-order valence-corrected chi connectivity index (χ2v) is 2.87. The average molecular weight is 202 g/mol. The van der Waals surface area contributed by atoms with Crippen LogP contribution < -0.4 is 10.5 Å². The third kappa shape index (κ3) is 2.92. The molecule has 0 bridgehead atoms. The lowest BCUT2D eigenvalue weighted by Gasteiger charge is -2.09. The Labute approximate surface area is 80.9 Å². The van der Waals surface area contributed by atoms with Gasteiger partial charge in [0.05, 0.1) is 13.2 Å². The molecule has 0 saturated carbocycles. The summed E-state index contributed by atoms with van der Waals surface area (Å²) in [6.07, 6.45) is -2.47. The SMILES string of the molecule is COc1cccc(CC(N)C(F)F)n1. The molecule has 1 rings (SSSR count). The number of nitrogens with zero attached hydrogens (tertiary/aromatic N) is 1. The van der Waals surface area contributed by atoms with Gasteiger partial charge < -0.3 is 10.5 Å². The topological polar surface area (TPSA) is 48.1 Å².